The standard InChI is InChI=1S/C10H15N5O3/c1-5-6(2)14-15-8(11-5)12-9(18)13-10(3,4)7(16)17/h1-4H3,(H,16,17)(H2,11,12,13,15,18). The van der Waals surface area contributed by atoms with Gasteiger partial charge >= 0.3 is 12.0 Å². The number of hydrogen-bond acceptors (Lipinski definition) is 5. The molecule has 1 rings (SSSR count). The minimum Gasteiger partial charge on any atom is -0.480 e. The lowest BCUT2D eigenvalue weighted by Gasteiger charge is -2.20. The van der Waals surface area contributed by atoms with Crippen LogP contribution in [0.15, 0.2) is 0 Å². The van der Waals surface area contributed by atoms with Gasteiger partial charge in [-0.3, -0.25) is 5.32 Å². The zero-order valence-electron chi connectivity index (χ0n) is 10.6. The van der Waals surface area contributed by atoms with Crippen molar-refractivity contribution in [1.29, 1.82) is 0 Å². The molecule has 0 atom stereocenters. The van der Waals surface area contributed by atoms with Crippen molar-refractivity contribution in [2.75, 3.05) is 5.32 Å². The Morgan fingerprint density at radius 1 is 1.17 bits per heavy atom. The van der Waals surface area contributed by atoms with E-state index in [4.69, 9.17) is 5.11 Å². The van der Waals surface area contributed by atoms with Gasteiger partial charge in [-0.2, -0.15) is 5.10 Å². The van der Waals surface area contributed by atoms with Gasteiger partial charge in [0.25, 0.3) is 5.95 Å². The number of urea groups is 1. The molecular weight excluding hydrogens is 238 g/mol. The van der Waals surface area contributed by atoms with Crippen LogP contribution in [-0.4, -0.2) is 37.8 Å². The average Bonchev–Trinajstić information content (AvgIpc) is 2.22. The summed E-state index contributed by atoms with van der Waals surface area (Å²) in [5.74, 6) is -1.12. The first-order chi connectivity index (χ1) is 8.22. The number of carbonyl (C=O) groups is 2. The van der Waals surface area contributed by atoms with E-state index in [1.54, 1.807) is 13.8 Å². The summed E-state index contributed by atoms with van der Waals surface area (Å²) in [6.07, 6.45) is 0. The first-order valence-electron chi connectivity index (χ1n) is 5.23. The van der Waals surface area contributed by atoms with Gasteiger partial charge in [0.1, 0.15) is 5.54 Å². The van der Waals surface area contributed by atoms with Gasteiger partial charge in [0.05, 0.1) is 11.4 Å². The third kappa shape index (κ3) is 3.37. The van der Waals surface area contributed by atoms with E-state index in [1.165, 1.54) is 13.8 Å². The van der Waals surface area contributed by atoms with Crippen LogP contribution in [0.5, 0.6) is 0 Å². The topological polar surface area (TPSA) is 117 Å². The number of aryl methyl sites for hydroxylation is 2. The molecule has 0 unspecified atom stereocenters. The van der Waals surface area contributed by atoms with E-state index in [2.05, 4.69) is 25.8 Å². The summed E-state index contributed by atoms with van der Waals surface area (Å²) in [6, 6.07) is -0.701. The number of carbonyl (C=O) groups excluding carboxylic acids is 1. The monoisotopic (exact) mass is 253 g/mol. The van der Waals surface area contributed by atoms with Crippen molar-refractivity contribution in [1.82, 2.24) is 20.5 Å². The van der Waals surface area contributed by atoms with Crippen molar-refractivity contribution < 1.29 is 14.7 Å². The summed E-state index contributed by atoms with van der Waals surface area (Å²) in [4.78, 5) is 26.4. The average molecular weight is 253 g/mol. The number of rotatable bonds is 3. The van der Waals surface area contributed by atoms with Crippen LogP contribution in [0.3, 0.4) is 0 Å². The van der Waals surface area contributed by atoms with Gasteiger partial charge in [0, 0.05) is 0 Å². The van der Waals surface area contributed by atoms with Gasteiger partial charge < -0.3 is 10.4 Å². The molecule has 1 aromatic heterocycles. The molecule has 98 valence electrons. The molecule has 0 fully saturated rings. The van der Waals surface area contributed by atoms with E-state index >= 15 is 0 Å². The van der Waals surface area contributed by atoms with Crippen molar-refractivity contribution in [2.24, 2.45) is 0 Å². The van der Waals surface area contributed by atoms with Crippen molar-refractivity contribution in [3.8, 4) is 0 Å². The summed E-state index contributed by atoms with van der Waals surface area (Å²) >= 11 is 0. The number of anilines is 1. The molecule has 18 heavy (non-hydrogen) atoms. The van der Waals surface area contributed by atoms with E-state index in [0.717, 1.165) is 0 Å². The van der Waals surface area contributed by atoms with Crippen LogP contribution in [0.2, 0.25) is 0 Å². The van der Waals surface area contributed by atoms with E-state index in [0.29, 0.717) is 11.4 Å². The van der Waals surface area contributed by atoms with Crippen LogP contribution >= 0.6 is 0 Å². The molecule has 0 saturated heterocycles. The number of nitrogens with zero attached hydrogens (tertiary/aromatic N) is 3. The van der Waals surface area contributed by atoms with Gasteiger partial charge in [-0.1, -0.05) is 0 Å². The van der Waals surface area contributed by atoms with Crippen LogP contribution < -0.4 is 10.6 Å². The quantitative estimate of drug-likeness (QED) is 0.721. The molecule has 0 aliphatic heterocycles. The Bertz CT molecular complexity index is 486. The number of carboxylic acid groups (broad SMARTS) is 1. The first-order valence-corrected chi connectivity index (χ1v) is 5.23. The molecule has 0 aliphatic rings. The third-order valence-corrected chi connectivity index (χ3v) is 2.28. The number of hydrogen-bond donors (Lipinski definition) is 3. The summed E-state index contributed by atoms with van der Waals surface area (Å²) in [7, 11) is 0. The fourth-order valence-corrected chi connectivity index (χ4v) is 0.980. The molecule has 0 aromatic carbocycles. The number of amides is 2. The van der Waals surface area contributed by atoms with Gasteiger partial charge in [0.15, 0.2) is 0 Å². The Balaban J connectivity index is 2.71. The molecule has 0 bridgehead atoms. The second kappa shape index (κ2) is 4.94. The molecule has 0 aliphatic carbocycles. The Kier molecular flexibility index (Phi) is 3.79. The maximum Gasteiger partial charge on any atom is 0.328 e. The minimum absolute atomic E-state index is 0.0248. The van der Waals surface area contributed by atoms with Gasteiger partial charge in [-0.25, -0.2) is 14.6 Å². The highest BCUT2D eigenvalue weighted by atomic mass is 16.4. The van der Waals surface area contributed by atoms with Crippen molar-refractivity contribution in [2.45, 2.75) is 33.2 Å². The third-order valence-electron chi connectivity index (χ3n) is 2.28. The van der Waals surface area contributed by atoms with Gasteiger partial charge in [-0.15, -0.1) is 5.10 Å². The Hall–Kier alpha value is -2.25. The molecule has 0 radical (unpaired) electrons. The predicted molar refractivity (Wildman–Crippen MR) is 63.2 cm³/mol. The van der Waals surface area contributed by atoms with Crippen LogP contribution in [0.25, 0.3) is 0 Å². The Morgan fingerprint density at radius 2 is 1.78 bits per heavy atom. The smallest absolute Gasteiger partial charge is 0.328 e. The highest BCUT2D eigenvalue weighted by Gasteiger charge is 2.29. The van der Waals surface area contributed by atoms with Crippen LogP contribution in [0, 0.1) is 13.8 Å². The molecule has 2 amide bonds. The molecule has 8 heteroatoms. The molecule has 8 nitrogen and oxygen atoms in total. The fourth-order valence-electron chi connectivity index (χ4n) is 0.980. The largest absolute Gasteiger partial charge is 0.480 e. The maximum absolute atomic E-state index is 11.5. The van der Waals surface area contributed by atoms with Gasteiger partial charge in [-0.05, 0) is 27.7 Å². The molecular formula is C10H15N5O3. The predicted octanol–water partition coefficient (Wildman–Crippen LogP) is 0.473. The highest BCUT2D eigenvalue weighted by molar-refractivity contribution is 5.92. The Labute approximate surface area is 104 Å². The van der Waals surface area contributed by atoms with E-state index < -0.39 is 17.5 Å². The summed E-state index contributed by atoms with van der Waals surface area (Å²) in [5.41, 5.74) is -0.0818. The van der Waals surface area contributed by atoms with Gasteiger partial charge in [0.2, 0.25) is 0 Å². The van der Waals surface area contributed by atoms with Crippen molar-refractivity contribution in [3.63, 3.8) is 0 Å². The molecule has 1 aromatic rings. The van der Waals surface area contributed by atoms with E-state index in [-0.39, 0.29) is 5.95 Å². The van der Waals surface area contributed by atoms with E-state index in [1.807, 2.05) is 0 Å². The fraction of sp³-hybridized carbons (Fsp3) is 0.500. The number of carboxylic acids is 1. The summed E-state index contributed by atoms with van der Waals surface area (Å²) in [5, 5.41) is 20.9. The normalized spacial score (nSPS) is 10.9. The summed E-state index contributed by atoms with van der Waals surface area (Å²) < 4.78 is 0. The van der Waals surface area contributed by atoms with Crippen molar-refractivity contribution in [3.05, 3.63) is 11.4 Å². The molecule has 3 N–H and O–H groups in total. The second-order valence-corrected chi connectivity index (χ2v) is 4.32. The zero-order valence-corrected chi connectivity index (χ0v) is 10.6. The van der Waals surface area contributed by atoms with Crippen LogP contribution in [-0.2, 0) is 4.79 Å². The van der Waals surface area contributed by atoms with Crippen LogP contribution in [0.1, 0.15) is 25.2 Å². The molecule has 0 saturated carbocycles. The SMILES string of the molecule is Cc1nnc(NC(=O)NC(C)(C)C(=O)O)nc1C. The number of aliphatic carboxylic acids is 1. The summed E-state index contributed by atoms with van der Waals surface area (Å²) in [6.45, 7) is 6.21. The lowest BCUT2D eigenvalue weighted by atomic mass is 10.1. The van der Waals surface area contributed by atoms with Crippen molar-refractivity contribution >= 4 is 17.9 Å². The number of nitrogens with one attached hydrogen (secondary N) is 2. The first kappa shape index (κ1) is 13.8. The minimum atomic E-state index is -1.38. The maximum atomic E-state index is 11.5. The highest BCUT2D eigenvalue weighted by Crippen LogP contribution is 2.04. The molecule has 0 spiro atoms. The Morgan fingerprint density at radius 3 is 2.28 bits per heavy atom. The lowest BCUT2D eigenvalue weighted by molar-refractivity contribution is -0.142. The van der Waals surface area contributed by atoms with Crippen LogP contribution in [0.4, 0.5) is 10.7 Å². The van der Waals surface area contributed by atoms with E-state index in [9.17, 15) is 9.59 Å². The molecule has 1 heterocycles. The second-order valence-electron chi connectivity index (χ2n) is 4.32. The number of aromatic nitrogens is 3. The zero-order chi connectivity index (χ0) is 13.9. The lowest BCUT2D eigenvalue weighted by Crippen LogP contribution is -2.51.